The van der Waals surface area contributed by atoms with E-state index in [9.17, 15) is 0 Å². The van der Waals surface area contributed by atoms with Gasteiger partial charge in [0.2, 0.25) is 0 Å². The van der Waals surface area contributed by atoms with Gasteiger partial charge in [-0.1, -0.05) is 0 Å². The topological polar surface area (TPSA) is 0 Å². The molecular formula is C16H36AsCl. The molecule has 0 spiro atoms. The molecule has 2 heteroatoms. The van der Waals surface area contributed by atoms with Crippen LogP contribution >= 0.6 is 0 Å². The fourth-order valence-electron chi connectivity index (χ4n) is 2.64. The molecule has 0 radical (unpaired) electrons. The molecule has 0 aliphatic rings. The van der Waals surface area contributed by atoms with E-state index in [0.717, 1.165) is 0 Å². The molecule has 0 amide bonds. The number of hydrogen-bond acceptors (Lipinski definition) is 0. The third-order valence-corrected chi connectivity index (χ3v) is 14.6. The number of halogens is 1. The normalized spacial score (nSPS) is 11.3. The summed E-state index contributed by atoms with van der Waals surface area (Å²) in [7, 11) is 0. The Morgan fingerprint density at radius 1 is 0.500 bits per heavy atom. The quantitative estimate of drug-likeness (QED) is 0.477. The zero-order valence-corrected chi connectivity index (χ0v) is 15.9. The molecule has 0 fully saturated rings. The van der Waals surface area contributed by atoms with Gasteiger partial charge in [-0.25, -0.2) is 0 Å². The fourth-order valence-corrected chi connectivity index (χ4v) is 13.7. The largest absolute Gasteiger partial charge is 1.00 e. The van der Waals surface area contributed by atoms with Crippen molar-refractivity contribution in [2.75, 3.05) is 0 Å². The third kappa shape index (κ3) is 9.74. The van der Waals surface area contributed by atoms with Crippen molar-refractivity contribution < 1.29 is 12.4 Å². The smallest absolute Gasteiger partial charge is 1.00 e. The second-order valence-corrected chi connectivity index (χ2v) is 15.0. The molecule has 0 unspecified atom stereocenters. The molecule has 0 aromatic heterocycles. The molecule has 0 rings (SSSR count). The van der Waals surface area contributed by atoms with E-state index in [1.807, 2.05) is 0 Å². The first kappa shape index (κ1) is 21.2. The second-order valence-electron chi connectivity index (χ2n) is 5.65. The maximum atomic E-state index is 2.37. The summed E-state index contributed by atoms with van der Waals surface area (Å²) in [6.45, 7) is 9.46. The Morgan fingerprint density at radius 2 is 0.722 bits per heavy atom. The van der Waals surface area contributed by atoms with Crippen molar-refractivity contribution in [3.63, 3.8) is 0 Å². The average Bonchev–Trinajstić information content (AvgIpc) is 2.37. The van der Waals surface area contributed by atoms with Gasteiger partial charge in [0.1, 0.15) is 0 Å². The van der Waals surface area contributed by atoms with E-state index in [4.69, 9.17) is 0 Å². The molecule has 112 valence electrons. The molecule has 0 N–H and O–H groups in total. The summed E-state index contributed by atoms with van der Waals surface area (Å²) < 4.78 is 0. The number of unbranched alkanes of at least 4 members (excludes halogenated alkanes) is 4. The maximum absolute atomic E-state index is 2.37. The van der Waals surface area contributed by atoms with E-state index in [1.165, 1.54) is 51.4 Å². The number of hydrogen-bond donors (Lipinski definition) is 0. The van der Waals surface area contributed by atoms with Crippen molar-refractivity contribution >= 4 is 13.6 Å². The molecule has 0 aromatic carbocycles. The van der Waals surface area contributed by atoms with E-state index >= 15 is 0 Å². The van der Waals surface area contributed by atoms with Gasteiger partial charge in [-0.2, -0.15) is 0 Å². The van der Waals surface area contributed by atoms with Crippen LogP contribution in [0.15, 0.2) is 0 Å². The maximum Gasteiger partial charge on any atom is -1.00 e. The van der Waals surface area contributed by atoms with Crippen LogP contribution in [0.2, 0.25) is 20.8 Å². The van der Waals surface area contributed by atoms with Crippen molar-refractivity contribution in [3.05, 3.63) is 0 Å². The minimum absolute atomic E-state index is 0. The van der Waals surface area contributed by atoms with Crippen LogP contribution < -0.4 is 12.4 Å². The van der Waals surface area contributed by atoms with E-state index in [1.54, 1.807) is 20.8 Å². The molecule has 0 bridgehead atoms. The van der Waals surface area contributed by atoms with E-state index < -0.39 is 13.6 Å². The first-order chi connectivity index (χ1) is 8.24. The number of rotatable bonds is 12. The first-order valence-corrected chi connectivity index (χ1v) is 13.4. The predicted molar refractivity (Wildman–Crippen MR) is 84.6 cm³/mol. The van der Waals surface area contributed by atoms with E-state index in [-0.39, 0.29) is 12.4 Å². The van der Waals surface area contributed by atoms with Crippen LogP contribution in [-0.4, -0.2) is 13.6 Å². The van der Waals surface area contributed by atoms with Crippen molar-refractivity contribution in [3.8, 4) is 0 Å². The van der Waals surface area contributed by atoms with Crippen molar-refractivity contribution in [1.29, 1.82) is 0 Å². The van der Waals surface area contributed by atoms with Gasteiger partial charge < -0.3 is 12.4 Å². The van der Waals surface area contributed by atoms with Crippen molar-refractivity contribution in [1.82, 2.24) is 0 Å². The third-order valence-electron chi connectivity index (χ3n) is 3.94. The predicted octanol–water partition coefficient (Wildman–Crippen LogP) is 3.64. The minimum Gasteiger partial charge on any atom is -1.00 e. The molecule has 0 atom stereocenters. The van der Waals surface area contributed by atoms with Gasteiger partial charge in [0, 0.05) is 0 Å². The van der Waals surface area contributed by atoms with E-state index in [0.29, 0.717) is 0 Å². The molecule has 0 heterocycles. The molecule has 0 saturated heterocycles. The average molecular weight is 339 g/mol. The minimum atomic E-state index is -1.26. The van der Waals surface area contributed by atoms with Crippen molar-refractivity contribution in [2.24, 2.45) is 0 Å². The summed E-state index contributed by atoms with van der Waals surface area (Å²) in [5.74, 6) is 0. The summed E-state index contributed by atoms with van der Waals surface area (Å²) in [6, 6.07) is 0. The molecule has 0 nitrogen and oxygen atoms in total. The molecule has 0 aliphatic heterocycles. The van der Waals surface area contributed by atoms with Crippen LogP contribution in [0.25, 0.3) is 0 Å². The summed E-state index contributed by atoms with van der Waals surface area (Å²) in [4.78, 5) is 0. The Labute approximate surface area is 126 Å². The Morgan fingerprint density at radius 3 is 0.889 bits per heavy atom. The summed E-state index contributed by atoms with van der Waals surface area (Å²) in [6.07, 6.45) is 11.7. The Balaban J connectivity index is 0. The van der Waals surface area contributed by atoms with Crippen LogP contribution in [0, 0.1) is 0 Å². The monoisotopic (exact) mass is 338 g/mol. The van der Waals surface area contributed by atoms with Crippen LogP contribution in [0.4, 0.5) is 0 Å². The van der Waals surface area contributed by atoms with Crippen LogP contribution in [0.3, 0.4) is 0 Å². The van der Waals surface area contributed by atoms with Crippen molar-refractivity contribution in [2.45, 2.75) is 99.9 Å². The Kier molecular flexibility index (Phi) is 16.8. The summed E-state index contributed by atoms with van der Waals surface area (Å²) in [5.41, 5.74) is 0. The van der Waals surface area contributed by atoms with Gasteiger partial charge in [-0.3, -0.25) is 0 Å². The summed E-state index contributed by atoms with van der Waals surface area (Å²) >= 11 is -1.26. The zero-order valence-electron chi connectivity index (χ0n) is 13.3. The van der Waals surface area contributed by atoms with Gasteiger partial charge in [0.05, 0.1) is 0 Å². The Bertz CT molecular complexity index is 122. The SMILES string of the molecule is CCCC[As+](CCCC)(CCCC)CCCC.[Cl-]. The molecular weight excluding hydrogens is 303 g/mol. The van der Waals surface area contributed by atoms with Crippen LogP contribution in [0.1, 0.15) is 79.1 Å². The van der Waals surface area contributed by atoms with Gasteiger partial charge in [-0.15, -0.1) is 0 Å². The summed E-state index contributed by atoms with van der Waals surface area (Å²) in [5, 5.41) is 6.65. The molecule has 0 aliphatic carbocycles. The molecule has 18 heavy (non-hydrogen) atoms. The molecule has 0 aromatic rings. The van der Waals surface area contributed by atoms with Crippen LogP contribution in [-0.2, 0) is 0 Å². The van der Waals surface area contributed by atoms with Crippen LogP contribution in [0.5, 0.6) is 0 Å². The molecule has 0 saturated carbocycles. The van der Waals surface area contributed by atoms with Gasteiger partial charge in [0.25, 0.3) is 0 Å². The zero-order chi connectivity index (χ0) is 13.0. The first-order valence-electron chi connectivity index (χ1n) is 8.09. The Hall–Kier alpha value is 0.848. The fraction of sp³-hybridized carbons (Fsp3) is 1.00. The van der Waals surface area contributed by atoms with E-state index in [2.05, 4.69) is 27.7 Å². The van der Waals surface area contributed by atoms with Gasteiger partial charge in [-0.05, 0) is 0 Å². The second kappa shape index (κ2) is 14.3. The standard InChI is InChI=1S/C16H36As.ClH/c1-5-9-13-17(14-10-6-2,15-11-7-3)16-12-8-4;/h5-16H2,1-4H3;1H/q+1;/p-1. The van der Waals surface area contributed by atoms with Gasteiger partial charge >= 0.3 is 113 Å². The van der Waals surface area contributed by atoms with Gasteiger partial charge in [0.15, 0.2) is 0 Å².